The minimum atomic E-state index is -0.179. The number of furan rings is 1. The molecule has 0 bridgehead atoms. The van der Waals surface area contributed by atoms with E-state index in [1.807, 2.05) is 47.8 Å². The first-order chi connectivity index (χ1) is 15.6. The Hall–Kier alpha value is -3.07. The number of rotatable bonds is 4. The predicted molar refractivity (Wildman–Crippen MR) is 126 cm³/mol. The van der Waals surface area contributed by atoms with Crippen LogP contribution in [-0.2, 0) is 4.74 Å². The Morgan fingerprint density at radius 2 is 1.97 bits per heavy atom. The minimum absolute atomic E-state index is 0.179. The van der Waals surface area contributed by atoms with Crippen LogP contribution in [0.4, 0.5) is 9.93 Å². The number of fused-ring (bicyclic) bond motifs is 1. The Morgan fingerprint density at radius 3 is 2.72 bits per heavy atom. The van der Waals surface area contributed by atoms with Crippen LogP contribution in [0, 0.1) is 0 Å². The molecule has 32 heavy (non-hydrogen) atoms. The molecule has 2 aromatic carbocycles. The number of ether oxygens (including phenoxy) is 2. The van der Waals surface area contributed by atoms with Gasteiger partial charge in [-0.05, 0) is 35.9 Å². The third-order valence-corrected chi connectivity index (χ3v) is 6.29. The minimum Gasteiger partial charge on any atom is -0.497 e. The number of carbonyl (C=O) groups excluding carboxylic acids is 1. The van der Waals surface area contributed by atoms with Crippen LogP contribution in [0.2, 0.25) is 5.02 Å². The van der Waals surface area contributed by atoms with Crippen LogP contribution in [0.5, 0.6) is 5.75 Å². The lowest BCUT2D eigenvalue weighted by Gasteiger charge is -2.26. The van der Waals surface area contributed by atoms with Crippen molar-refractivity contribution in [3.8, 4) is 28.3 Å². The van der Waals surface area contributed by atoms with E-state index in [2.05, 4.69) is 10.3 Å². The van der Waals surface area contributed by atoms with Crippen molar-refractivity contribution in [3.63, 3.8) is 0 Å². The summed E-state index contributed by atoms with van der Waals surface area (Å²) in [5, 5.41) is 6.83. The van der Waals surface area contributed by atoms with E-state index in [9.17, 15) is 4.79 Å². The van der Waals surface area contributed by atoms with E-state index in [4.69, 9.17) is 25.5 Å². The van der Waals surface area contributed by atoms with Gasteiger partial charge in [-0.15, -0.1) is 11.3 Å². The smallest absolute Gasteiger partial charge is 0.323 e. The zero-order valence-electron chi connectivity index (χ0n) is 17.3. The van der Waals surface area contributed by atoms with Crippen molar-refractivity contribution in [2.45, 2.75) is 0 Å². The maximum atomic E-state index is 12.5. The monoisotopic (exact) mass is 469 g/mol. The van der Waals surface area contributed by atoms with E-state index >= 15 is 0 Å². The maximum Gasteiger partial charge on any atom is 0.323 e. The van der Waals surface area contributed by atoms with Gasteiger partial charge in [-0.25, -0.2) is 9.78 Å². The van der Waals surface area contributed by atoms with Crippen molar-refractivity contribution in [2.24, 2.45) is 0 Å². The Morgan fingerprint density at radius 1 is 1.19 bits per heavy atom. The first-order valence-corrected chi connectivity index (χ1v) is 11.3. The third-order valence-electron chi connectivity index (χ3n) is 5.28. The van der Waals surface area contributed by atoms with Gasteiger partial charge in [0, 0.05) is 34.4 Å². The number of morpholine rings is 1. The number of anilines is 1. The molecule has 0 saturated carbocycles. The molecule has 4 aromatic rings. The second-order valence-electron chi connectivity index (χ2n) is 7.24. The molecule has 2 aromatic heterocycles. The highest BCUT2D eigenvalue weighted by Crippen LogP contribution is 2.42. The Labute approximate surface area is 193 Å². The lowest BCUT2D eigenvalue weighted by atomic mass is 10.0. The molecule has 1 saturated heterocycles. The summed E-state index contributed by atoms with van der Waals surface area (Å²) in [5.74, 6) is 1.36. The zero-order valence-corrected chi connectivity index (χ0v) is 18.8. The first-order valence-electron chi connectivity index (χ1n) is 10.1. The van der Waals surface area contributed by atoms with Crippen molar-refractivity contribution in [3.05, 3.63) is 52.9 Å². The fourth-order valence-corrected chi connectivity index (χ4v) is 4.47. The number of benzene rings is 2. The topological polar surface area (TPSA) is 76.8 Å². The average Bonchev–Trinajstić information content (AvgIpc) is 3.44. The lowest BCUT2D eigenvalue weighted by molar-refractivity contribution is 0.0564. The van der Waals surface area contributed by atoms with Crippen molar-refractivity contribution < 1.29 is 18.7 Å². The van der Waals surface area contributed by atoms with Gasteiger partial charge >= 0.3 is 6.03 Å². The molecule has 5 rings (SSSR count). The molecule has 0 atom stereocenters. The molecule has 9 heteroatoms. The summed E-state index contributed by atoms with van der Waals surface area (Å²) < 4.78 is 16.9. The summed E-state index contributed by atoms with van der Waals surface area (Å²) in [6.07, 6.45) is 0. The molecule has 1 aliphatic rings. The lowest BCUT2D eigenvalue weighted by Crippen LogP contribution is -2.43. The van der Waals surface area contributed by atoms with Crippen molar-refractivity contribution in [1.82, 2.24) is 9.88 Å². The SMILES string of the molecule is COc1ccc2oc(-c3csc(NC(=O)N4CCOCC4)n3)c(-c3ccc(Cl)cc3)c2c1. The number of carbonyl (C=O) groups is 1. The van der Waals surface area contributed by atoms with Gasteiger partial charge in [-0.2, -0.15) is 0 Å². The fourth-order valence-electron chi connectivity index (χ4n) is 3.66. The Kier molecular flexibility index (Phi) is 5.73. The first kappa shape index (κ1) is 20.8. The van der Waals surface area contributed by atoms with Crippen LogP contribution in [-0.4, -0.2) is 49.3 Å². The fraction of sp³-hybridized carbons (Fsp3) is 0.217. The summed E-state index contributed by atoms with van der Waals surface area (Å²) in [4.78, 5) is 18.9. The maximum absolute atomic E-state index is 12.5. The van der Waals surface area contributed by atoms with Crippen LogP contribution in [0.15, 0.2) is 52.3 Å². The number of hydrogen-bond acceptors (Lipinski definition) is 6. The normalized spacial score (nSPS) is 14.0. The molecular formula is C23H20ClN3O4S. The highest BCUT2D eigenvalue weighted by atomic mass is 35.5. The van der Waals surface area contributed by atoms with E-state index in [-0.39, 0.29) is 6.03 Å². The van der Waals surface area contributed by atoms with Crippen molar-refractivity contribution >= 4 is 45.1 Å². The second-order valence-corrected chi connectivity index (χ2v) is 8.54. The molecule has 1 N–H and O–H groups in total. The third kappa shape index (κ3) is 4.04. The van der Waals surface area contributed by atoms with E-state index in [1.165, 1.54) is 11.3 Å². The second kappa shape index (κ2) is 8.82. The van der Waals surface area contributed by atoms with Gasteiger partial charge in [0.1, 0.15) is 17.0 Å². The van der Waals surface area contributed by atoms with Crippen molar-refractivity contribution in [2.75, 3.05) is 38.7 Å². The molecule has 7 nitrogen and oxygen atoms in total. The highest BCUT2D eigenvalue weighted by Gasteiger charge is 2.22. The molecule has 0 spiro atoms. The number of nitrogens with one attached hydrogen (secondary N) is 1. The largest absolute Gasteiger partial charge is 0.497 e. The van der Waals surface area contributed by atoms with Gasteiger partial charge < -0.3 is 18.8 Å². The number of thiazole rings is 1. The van der Waals surface area contributed by atoms with Crippen LogP contribution in [0.25, 0.3) is 33.6 Å². The Bertz CT molecular complexity index is 1260. The number of aromatic nitrogens is 1. The molecule has 0 radical (unpaired) electrons. The number of halogens is 1. The highest BCUT2D eigenvalue weighted by molar-refractivity contribution is 7.14. The summed E-state index contributed by atoms with van der Waals surface area (Å²) >= 11 is 7.46. The van der Waals surface area contributed by atoms with E-state index in [0.717, 1.165) is 27.8 Å². The number of methoxy groups -OCH3 is 1. The van der Waals surface area contributed by atoms with Gasteiger partial charge in [0.15, 0.2) is 10.9 Å². The van der Waals surface area contributed by atoms with Gasteiger partial charge in [0.05, 0.1) is 20.3 Å². The molecule has 0 aliphatic carbocycles. The average molecular weight is 470 g/mol. The molecular weight excluding hydrogens is 450 g/mol. The van der Waals surface area contributed by atoms with E-state index < -0.39 is 0 Å². The van der Waals surface area contributed by atoms with Gasteiger partial charge in [-0.1, -0.05) is 23.7 Å². The number of nitrogens with zero attached hydrogens (tertiary/aromatic N) is 2. The number of amides is 2. The van der Waals surface area contributed by atoms with Crippen LogP contribution < -0.4 is 10.1 Å². The summed E-state index contributed by atoms with van der Waals surface area (Å²) in [6, 6.07) is 13.1. The van der Waals surface area contributed by atoms with Gasteiger partial charge in [-0.3, -0.25) is 5.32 Å². The molecule has 164 valence electrons. The predicted octanol–water partition coefficient (Wildman–Crippen LogP) is 5.75. The number of urea groups is 1. The quantitative estimate of drug-likeness (QED) is 0.412. The Balaban J connectivity index is 1.53. The number of hydrogen-bond donors (Lipinski definition) is 1. The summed E-state index contributed by atoms with van der Waals surface area (Å²) in [7, 11) is 1.63. The summed E-state index contributed by atoms with van der Waals surface area (Å²) in [5.41, 5.74) is 3.21. The van der Waals surface area contributed by atoms with Crippen molar-refractivity contribution in [1.29, 1.82) is 0 Å². The molecule has 0 unspecified atom stereocenters. The molecule has 1 aliphatic heterocycles. The molecule has 1 fully saturated rings. The van der Waals surface area contributed by atoms with E-state index in [1.54, 1.807) is 12.0 Å². The molecule has 2 amide bonds. The van der Waals surface area contributed by atoms with Crippen LogP contribution >= 0.6 is 22.9 Å². The summed E-state index contributed by atoms with van der Waals surface area (Å²) in [6.45, 7) is 2.22. The van der Waals surface area contributed by atoms with Crippen LogP contribution in [0.3, 0.4) is 0 Å². The molecule has 3 heterocycles. The van der Waals surface area contributed by atoms with E-state index in [0.29, 0.717) is 47.9 Å². The van der Waals surface area contributed by atoms with Gasteiger partial charge in [0.2, 0.25) is 0 Å². The zero-order chi connectivity index (χ0) is 22.1. The standard InChI is InChI=1S/C23H20ClN3O4S/c1-29-16-6-7-19-17(12-16)20(14-2-4-15(24)5-3-14)21(31-19)18-13-32-22(25-18)26-23(28)27-8-10-30-11-9-27/h2-7,12-13H,8-11H2,1H3,(H,25,26,28). The van der Waals surface area contributed by atoms with Gasteiger partial charge in [0.25, 0.3) is 0 Å². The van der Waals surface area contributed by atoms with Crippen LogP contribution in [0.1, 0.15) is 0 Å².